The number of ether oxygens (including phenoxy) is 1. The summed E-state index contributed by atoms with van der Waals surface area (Å²) in [4.78, 5) is 31.3. The number of amides is 1. The number of benzene rings is 1. The van der Waals surface area contributed by atoms with Crippen LogP contribution in [0.2, 0.25) is 0 Å². The van der Waals surface area contributed by atoms with Crippen LogP contribution in [0.5, 0.6) is 5.88 Å². The Hall–Kier alpha value is -3.19. The van der Waals surface area contributed by atoms with Crippen LogP contribution in [0.3, 0.4) is 0 Å². The average Bonchev–Trinajstić information content (AvgIpc) is 2.64. The molecule has 0 atom stereocenters. The first-order chi connectivity index (χ1) is 13.0. The van der Waals surface area contributed by atoms with Crippen LogP contribution in [0.15, 0.2) is 53.5 Å². The van der Waals surface area contributed by atoms with E-state index in [1.165, 1.54) is 4.57 Å². The number of likely N-dealkylation sites (N-methyl/N-ethyl adjacent to an activating group) is 1. The summed E-state index contributed by atoms with van der Waals surface area (Å²) in [6.07, 6.45) is 1.57. The molecule has 2 heterocycles. The van der Waals surface area contributed by atoms with Gasteiger partial charge in [0.05, 0.1) is 0 Å². The van der Waals surface area contributed by atoms with Gasteiger partial charge < -0.3 is 19.5 Å². The highest BCUT2D eigenvalue weighted by atomic mass is 16.5. The molecule has 0 aliphatic rings. The van der Waals surface area contributed by atoms with Crippen LogP contribution < -0.4 is 15.6 Å². The standard InChI is InChI=1S/C20H22N4O3/c1-23(2)10-11-27-18-13-15(8-9-21-18)22-19(25)17-12-14-6-4-5-7-16(14)20(26)24(17)3/h4-9,12-13H,10-11H2,1-3H3,(H,21,22,25). The topological polar surface area (TPSA) is 76.5 Å². The molecule has 27 heavy (non-hydrogen) atoms. The molecule has 3 rings (SSSR count). The molecule has 7 heteroatoms. The molecule has 3 aromatic rings. The van der Waals surface area contributed by atoms with Crippen LogP contribution >= 0.6 is 0 Å². The van der Waals surface area contributed by atoms with Gasteiger partial charge in [0.1, 0.15) is 12.3 Å². The van der Waals surface area contributed by atoms with Crippen LogP contribution in [0.4, 0.5) is 5.69 Å². The van der Waals surface area contributed by atoms with Crippen molar-refractivity contribution < 1.29 is 9.53 Å². The van der Waals surface area contributed by atoms with E-state index in [2.05, 4.69) is 10.3 Å². The van der Waals surface area contributed by atoms with Crippen molar-refractivity contribution in [3.8, 4) is 5.88 Å². The first-order valence-corrected chi connectivity index (χ1v) is 8.59. The van der Waals surface area contributed by atoms with Gasteiger partial charge in [-0.3, -0.25) is 9.59 Å². The number of carbonyl (C=O) groups is 1. The molecule has 2 aromatic heterocycles. The first kappa shape index (κ1) is 18.6. The first-order valence-electron chi connectivity index (χ1n) is 8.59. The smallest absolute Gasteiger partial charge is 0.272 e. The van der Waals surface area contributed by atoms with E-state index in [0.29, 0.717) is 23.6 Å². The number of hydrogen-bond donors (Lipinski definition) is 1. The number of pyridine rings is 2. The van der Waals surface area contributed by atoms with Gasteiger partial charge >= 0.3 is 0 Å². The van der Waals surface area contributed by atoms with Crippen molar-refractivity contribution >= 4 is 22.4 Å². The highest BCUT2D eigenvalue weighted by Crippen LogP contribution is 2.16. The number of rotatable bonds is 6. The molecule has 140 valence electrons. The van der Waals surface area contributed by atoms with E-state index in [0.717, 1.165) is 11.9 Å². The highest BCUT2D eigenvalue weighted by Gasteiger charge is 2.14. The Labute approximate surface area is 157 Å². The Bertz CT molecular complexity index is 1030. The van der Waals surface area contributed by atoms with Crippen molar-refractivity contribution in [2.45, 2.75) is 0 Å². The Morgan fingerprint density at radius 2 is 2.00 bits per heavy atom. The van der Waals surface area contributed by atoms with E-state index in [4.69, 9.17) is 4.74 Å². The second-order valence-corrected chi connectivity index (χ2v) is 6.47. The minimum absolute atomic E-state index is 0.208. The predicted molar refractivity (Wildman–Crippen MR) is 105 cm³/mol. The van der Waals surface area contributed by atoms with Gasteiger partial charge in [-0.1, -0.05) is 18.2 Å². The van der Waals surface area contributed by atoms with Crippen LogP contribution in [0, 0.1) is 0 Å². The van der Waals surface area contributed by atoms with E-state index in [9.17, 15) is 9.59 Å². The molecule has 0 aliphatic heterocycles. The molecule has 0 bridgehead atoms. The zero-order valence-electron chi connectivity index (χ0n) is 15.6. The molecule has 0 saturated carbocycles. The zero-order chi connectivity index (χ0) is 19.4. The molecule has 0 saturated heterocycles. The van der Waals surface area contributed by atoms with Crippen molar-refractivity contribution in [1.82, 2.24) is 14.5 Å². The maximum Gasteiger partial charge on any atom is 0.272 e. The fourth-order valence-corrected chi connectivity index (χ4v) is 2.66. The summed E-state index contributed by atoms with van der Waals surface area (Å²) in [7, 11) is 5.51. The third-order valence-corrected chi connectivity index (χ3v) is 4.16. The largest absolute Gasteiger partial charge is 0.476 e. The van der Waals surface area contributed by atoms with Crippen molar-refractivity contribution in [2.75, 3.05) is 32.6 Å². The summed E-state index contributed by atoms with van der Waals surface area (Å²) in [5.41, 5.74) is 0.627. The van der Waals surface area contributed by atoms with Crippen LogP contribution in [0.25, 0.3) is 10.8 Å². The Morgan fingerprint density at radius 1 is 1.22 bits per heavy atom. The van der Waals surface area contributed by atoms with Gasteiger partial charge in [0, 0.05) is 36.9 Å². The Kier molecular flexibility index (Phi) is 5.52. The average molecular weight is 366 g/mol. The summed E-state index contributed by atoms with van der Waals surface area (Å²) in [6, 6.07) is 12.3. The monoisotopic (exact) mass is 366 g/mol. The highest BCUT2D eigenvalue weighted by molar-refractivity contribution is 6.05. The lowest BCUT2D eigenvalue weighted by Crippen LogP contribution is -2.26. The number of carbonyl (C=O) groups excluding carboxylic acids is 1. The van der Waals surface area contributed by atoms with E-state index >= 15 is 0 Å². The minimum atomic E-state index is -0.370. The van der Waals surface area contributed by atoms with Crippen LogP contribution in [-0.2, 0) is 7.05 Å². The molecule has 7 nitrogen and oxygen atoms in total. The second-order valence-electron chi connectivity index (χ2n) is 6.47. The molecule has 0 unspecified atom stereocenters. The fraction of sp³-hybridized carbons (Fsp3) is 0.250. The van der Waals surface area contributed by atoms with Crippen molar-refractivity contribution in [3.05, 3.63) is 64.7 Å². The van der Waals surface area contributed by atoms with Gasteiger partial charge in [0.2, 0.25) is 5.88 Å². The number of anilines is 1. The van der Waals surface area contributed by atoms with E-state index in [-0.39, 0.29) is 17.2 Å². The molecule has 1 N–H and O–H groups in total. The van der Waals surface area contributed by atoms with Gasteiger partial charge in [-0.2, -0.15) is 0 Å². The van der Waals surface area contributed by atoms with E-state index in [1.807, 2.05) is 31.1 Å². The minimum Gasteiger partial charge on any atom is -0.476 e. The van der Waals surface area contributed by atoms with Crippen LogP contribution in [0.1, 0.15) is 10.5 Å². The molecule has 0 fully saturated rings. The lowest BCUT2D eigenvalue weighted by Gasteiger charge is -2.12. The van der Waals surface area contributed by atoms with E-state index in [1.54, 1.807) is 43.6 Å². The third-order valence-electron chi connectivity index (χ3n) is 4.16. The van der Waals surface area contributed by atoms with Gasteiger partial charge in [-0.05, 0) is 37.7 Å². The number of nitrogens with zero attached hydrogens (tertiary/aromatic N) is 3. The zero-order valence-corrected chi connectivity index (χ0v) is 15.6. The number of hydrogen-bond acceptors (Lipinski definition) is 5. The number of nitrogens with one attached hydrogen (secondary N) is 1. The second kappa shape index (κ2) is 8.01. The van der Waals surface area contributed by atoms with Crippen molar-refractivity contribution in [3.63, 3.8) is 0 Å². The summed E-state index contributed by atoms with van der Waals surface area (Å²) >= 11 is 0. The molecular weight excluding hydrogens is 344 g/mol. The summed E-state index contributed by atoms with van der Waals surface area (Å²) in [6.45, 7) is 1.26. The molecule has 1 amide bonds. The Morgan fingerprint density at radius 3 is 2.78 bits per heavy atom. The number of aromatic nitrogens is 2. The summed E-state index contributed by atoms with van der Waals surface area (Å²) in [5.74, 6) is 0.0628. The van der Waals surface area contributed by atoms with Crippen molar-refractivity contribution in [2.24, 2.45) is 7.05 Å². The SMILES string of the molecule is CN(C)CCOc1cc(NC(=O)c2cc3ccccc3c(=O)n2C)ccn1. The lowest BCUT2D eigenvalue weighted by atomic mass is 10.1. The molecular formula is C20H22N4O3. The van der Waals surface area contributed by atoms with Crippen molar-refractivity contribution in [1.29, 1.82) is 0 Å². The normalized spacial score (nSPS) is 11.0. The van der Waals surface area contributed by atoms with Gasteiger partial charge in [-0.25, -0.2) is 4.98 Å². The maximum absolute atomic E-state index is 12.7. The van der Waals surface area contributed by atoms with Crippen LogP contribution in [-0.4, -0.2) is 47.6 Å². The quantitative estimate of drug-likeness (QED) is 0.723. The third kappa shape index (κ3) is 4.32. The summed E-state index contributed by atoms with van der Waals surface area (Å²) in [5, 5.41) is 4.11. The molecule has 1 aromatic carbocycles. The Balaban J connectivity index is 1.81. The van der Waals surface area contributed by atoms with Gasteiger partial charge in [-0.15, -0.1) is 0 Å². The predicted octanol–water partition coefficient (Wildman–Crippen LogP) is 2.13. The fourth-order valence-electron chi connectivity index (χ4n) is 2.66. The molecule has 0 spiro atoms. The molecule has 0 radical (unpaired) electrons. The lowest BCUT2D eigenvalue weighted by molar-refractivity contribution is 0.101. The number of fused-ring (bicyclic) bond motifs is 1. The maximum atomic E-state index is 12.7. The molecule has 0 aliphatic carbocycles. The van der Waals surface area contributed by atoms with Gasteiger partial charge in [0.25, 0.3) is 11.5 Å². The summed E-state index contributed by atoms with van der Waals surface area (Å²) < 4.78 is 6.94. The van der Waals surface area contributed by atoms with Gasteiger partial charge in [0.15, 0.2) is 0 Å². The van der Waals surface area contributed by atoms with E-state index < -0.39 is 0 Å².